The molecule has 0 aliphatic rings. The predicted molar refractivity (Wildman–Crippen MR) is 31.9 cm³/mol. The molecule has 0 amide bonds. The van der Waals surface area contributed by atoms with E-state index in [2.05, 4.69) is 4.18 Å². The quantitative estimate of drug-likeness (QED) is 0.382. The molecule has 0 saturated carbocycles. The summed E-state index contributed by atoms with van der Waals surface area (Å²) in [6.45, 7) is 0. The van der Waals surface area contributed by atoms with Gasteiger partial charge in [0.05, 0.1) is 6.42 Å². The minimum atomic E-state index is -4.83. The molecule has 0 radical (unpaired) electrons. The van der Waals surface area contributed by atoms with Gasteiger partial charge in [0.1, 0.15) is 0 Å². The van der Waals surface area contributed by atoms with E-state index in [1.807, 2.05) is 0 Å². The first-order valence-corrected chi connectivity index (χ1v) is 4.07. The van der Waals surface area contributed by atoms with Gasteiger partial charge in [-0.2, -0.15) is 8.42 Å². The predicted octanol–water partition coefficient (Wildman–Crippen LogP) is -5.13. The third-order valence-electron chi connectivity index (χ3n) is 0.732. The summed E-state index contributed by atoms with van der Waals surface area (Å²) in [5.41, 5.74) is 0. The SMILES string of the molecule is O=C([O-])CCC(=O)OS(=O)(=O)O.[K+]. The van der Waals surface area contributed by atoms with Gasteiger partial charge in [-0.15, -0.1) is 0 Å². The number of carbonyl (C=O) groups is 2. The number of carbonyl (C=O) groups excluding carboxylic acids is 2. The van der Waals surface area contributed by atoms with E-state index in [0.717, 1.165) is 0 Å². The number of hydrogen-bond acceptors (Lipinski definition) is 6. The molecular weight excluding hydrogens is 231 g/mol. The van der Waals surface area contributed by atoms with E-state index >= 15 is 0 Å². The summed E-state index contributed by atoms with van der Waals surface area (Å²) >= 11 is 0. The van der Waals surface area contributed by atoms with Gasteiger partial charge in [0.15, 0.2) is 0 Å². The second kappa shape index (κ2) is 6.87. The average Bonchev–Trinajstić information content (AvgIpc) is 1.79. The third kappa shape index (κ3) is 12.5. The van der Waals surface area contributed by atoms with Crippen LogP contribution in [0.3, 0.4) is 0 Å². The van der Waals surface area contributed by atoms with Gasteiger partial charge in [-0.05, 0) is 6.42 Å². The molecule has 0 atom stereocenters. The first kappa shape index (κ1) is 15.9. The molecule has 0 aromatic rings. The van der Waals surface area contributed by atoms with Crippen LogP contribution in [0.1, 0.15) is 12.8 Å². The van der Waals surface area contributed by atoms with Crippen LogP contribution in [0.15, 0.2) is 0 Å². The first-order chi connectivity index (χ1) is 5.31. The van der Waals surface area contributed by atoms with Crippen molar-refractivity contribution in [3.05, 3.63) is 0 Å². The maximum atomic E-state index is 10.3. The summed E-state index contributed by atoms with van der Waals surface area (Å²) in [5, 5.41) is 9.74. The molecule has 0 unspecified atom stereocenters. The van der Waals surface area contributed by atoms with Crippen LogP contribution >= 0.6 is 0 Å². The van der Waals surface area contributed by atoms with Crippen molar-refractivity contribution in [3.63, 3.8) is 0 Å². The Morgan fingerprint density at radius 2 is 1.77 bits per heavy atom. The Morgan fingerprint density at radius 3 is 2.08 bits per heavy atom. The molecule has 0 bridgehead atoms. The maximum absolute atomic E-state index is 10.3. The third-order valence-corrected chi connectivity index (χ3v) is 1.13. The van der Waals surface area contributed by atoms with Crippen LogP contribution in [0.25, 0.3) is 0 Å². The number of aliphatic carboxylic acids is 1. The summed E-state index contributed by atoms with van der Waals surface area (Å²) in [5.74, 6) is -2.86. The second-order valence-electron chi connectivity index (χ2n) is 1.76. The van der Waals surface area contributed by atoms with E-state index in [0.29, 0.717) is 0 Å². The molecule has 0 aliphatic heterocycles. The van der Waals surface area contributed by atoms with Crippen LogP contribution in [0.4, 0.5) is 0 Å². The van der Waals surface area contributed by atoms with Crippen molar-refractivity contribution in [2.45, 2.75) is 12.8 Å². The van der Waals surface area contributed by atoms with Crippen molar-refractivity contribution in [3.8, 4) is 0 Å². The molecule has 0 spiro atoms. The molecule has 0 heterocycles. The smallest absolute Gasteiger partial charge is 0.550 e. The van der Waals surface area contributed by atoms with E-state index in [-0.39, 0.29) is 51.4 Å². The Morgan fingerprint density at radius 1 is 1.31 bits per heavy atom. The Hall–Kier alpha value is 0.486. The van der Waals surface area contributed by atoms with Crippen LogP contribution in [0, 0.1) is 0 Å². The monoisotopic (exact) mass is 236 g/mol. The Bertz CT molecular complexity index is 281. The van der Waals surface area contributed by atoms with E-state index < -0.39 is 35.2 Å². The Kier molecular flexibility index (Phi) is 8.42. The molecule has 0 aliphatic carbocycles. The van der Waals surface area contributed by atoms with Gasteiger partial charge in [-0.25, -0.2) is 0 Å². The van der Waals surface area contributed by atoms with Crippen LogP contribution in [-0.2, 0) is 24.2 Å². The van der Waals surface area contributed by atoms with Gasteiger partial charge < -0.3 is 14.1 Å². The van der Waals surface area contributed by atoms with Gasteiger partial charge in [0.2, 0.25) is 0 Å². The normalized spacial score (nSPS) is 9.92. The zero-order valence-corrected chi connectivity index (χ0v) is 10.7. The molecule has 0 saturated heterocycles. The Labute approximate surface area is 117 Å². The van der Waals surface area contributed by atoms with E-state index in [1.165, 1.54) is 0 Å². The molecule has 70 valence electrons. The largest absolute Gasteiger partial charge is 1.00 e. The van der Waals surface area contributed by atoms with Crippen LogP contribution < -0.4 is 56.5 Å². The van der Waals surface area contributed by atoms with Gasteiger partial charge in [-0.3, -0.25) is 9.35 Å². The van der Waals surface area contributed by atoms with Crippen molar-refractivity contribution in [1.82, 2.24) is 0 Å². The van der Waals surface area contributed by atoms with Gasteiger partial charge in [-0.1, -0.05) is 0 Å². The van der Waals surface area contributed by atoms with Crippen LogP contribution in [0.2, 0.25) is 0 Å². The fourth-order valence-electron chi connectivity index (χ4n) is 0.363. The van der Waals surface area contributed by atoms with Gasteiger partial charge in [0.25, 0.3) is 0 Å². The number of carboxylic acids is 1. The number of carboxylic acid groups (broad SMARTS) is 1. The van der Waals surface area contributed by atoms with Crippen molar-refractivity contribution >= 4 is 22.3 Å². The fraction of sp³-hybridized carbons (Fsp3) is 0.500. The summed E-state index contributed by atoms with van der Waals surface area (Å²) in [6.07, 6.45) is -1.32. The standard InChI is InChI=1S/C4H6O7S.K/c5-3(6)1-2-4(7)11-12(8,9)10;/h1-2H2,(H,5,6)(H,8,9,10);/q;+1/p-1. The second-order valence-corrected chi connectivity index (χ2v) is 2.78. The van der Waals surface area contributed by atoms with E-state index in [1.54, 1.807) is 0 Å². The summed E-state index contributed by atoms with van der Waals surface area (Å²) in [4.78, 5) is 20.0. The molecule has 0 fully saturated rings. The summed E-state index contributed by atoms with van der Waals surface area (Å²) in [7, 11) is -4.83. The molecular formula is C4H5KO7S. The zero-order valence-electron chi connectivity index (χ0n) is 6.72. The maximum Gasteiger partial charge on any atom is 1.00 e. The average molecular weight is 236 g/mol. The summed E-state index contributed by atoms with van der Waals surface area (Å²) in [6, 6.07) is 0. The minimum absolute atomic E-state index is 0. The molecule has 0 aromatic heterocycles. The number of hydrogen-bond donors (Lipinski definition) is 1. The molecule has 1 N–H and O–H groups in total. The van der Waals surface area contributed by atoms with Gasteiger partial charge in [0, 0.05) is 5.97 Å². The van der Waals surface area contributed by atoms with Crippen molar-refractivity contribution in [2.24, 2.45) is 0 Å². The van der Waals surface area contributed by atoms with Crippen molar-refractivity contribution < 1.29 is 83.2 Å². The van der Waals surface area contributed by atoms with Crippen molar-refractivity contribution in [1.29, 1.82) is 0 Å². The fourth-order valence-corrected chi connectivity index (χ4v) is 0.681. The minimum Gasteiger partial charge on any atom is -0.550 e. The topological polar surface area (TPSA) is 121 Å². The summed E-state index contributed by atoms with van der Waals surface area (Å²) < 4.78 is 31.0. The van der Waals surface area contributed by atoms with Crippen LogP contribution in [0.5, 0.6) is 0 Å². The molecule has 0 aromatic carbocycles. The van der Waals surface area contributed by atoms with Gasteiger partial charge >= 0.3 is 67.8 Å². The number of rotatable bonds is 4. The molecule has 13 heavy (non-hydrogen) atoms. The molecule has 9 heteroatoms. The zero-order chi connectivity index (χ0) is 9.78. The molecule has 7 nitrogen and oxygen atoms in total. The van der Waals surface area contributed by atoms with Crippen molar-refractivity contribution in [2.75, 3.05) is 0 Å². The van der Waals surface area contributed by atoms with E-state index in [4.69, 9.17) is 4.55 Å². The molecule has 0 rings (SSSR count). The first-order valence-electron chi connectivity index (χ1n) is 2.71. The van der Waals surface area contributed by atoms with E-state index in [9.17, 15) is 23.1 Å². The Balaban J connectivity index is 0. The van der Waals surface area contributed by atoms with Crippen LogP contribution in [-0.4, -0.2) is 24.9 Å².